The summed E-state index contributed by atoms with van der Waals surface area (Å²) in [5, 5.41) is 3.39. The third-order valence-corrected chi connectivity index (χ3v) is 2.69. The highest BCUT2D eigenvalue weighted by atomic mass is 14.9. The lowest BCUT2D eigenvalue weighted by Crippen LogP contribution is -2.20. The monoisotopic (exact) mass is 137 g/mol. The van der Waals surface area contributed by atoms with Gasteiger partial charge in [0.25, 0.3) is 0 Å². The first-order valence-corrected chi connectivity index (χ1v) is 4.23. The van der Waals surface area contributed by atoms with E-state index in [1.165, 1.54) is 31.4 Å². The average Bonchev–Trinajstić information content (AvgIpc) is 2.54. The zero-order valence-electron chi connectivity index (χ0n) is 6.40. The second-order valence-electron chi connectivity index (χ2n) is 3.68. The zero-order valence-corrected chi connectivity index (χ0v) is 6.40. The summed E-state index contributed by atoms with van der Waals surface area (Å²) in [4.78, 5) is 0. The van der Waals surface area contributed by atoms with Gasteiger partial charge in [0, 0.05) is 6.54 Å². The lowest BCUT2D eigenvalue weighted by Gasteiger charge is -2.10. The fraction of sp³-hybridized carbons (Fsp3) is 0.778. The largest absolute Gasteiger partial charge is 0.313 e. The minimum Gasteiger partial charge on any atom is -0.313 e. The molecule has 0 amide bonds. The molecule has 0 aromatic rings. The summed E-state index contributed by atoms with van der Waals surface area (Å²) >= 11 is 0. The predicted molar refractivity (Wildman–Crippen MR) is 42.8 cm³/mol. The summed E-state index contributed by atoms with van der Waals surface area (Å²) in [6, 6.07) is 0. The van der Waals surface area contributed by atoms with Crippen molar-refractivity contribution in [1.29, 1.82) is 0 Å². The van der Waals surface area contributed by atoms with Crippen molar-refractivity contribution in [2.24, 2.45) is 11.8 Å². The van der Waals surface area contributed by atoms with Crippen molar-refractivity contribution in [2.75, 3.05) is 13.1 Å². The highest BCUT2D eigenvalue weighted by Crippen LogP contribution is 2.45. The van der Waals surface area contributed by atoms with Gasteiger partial charge in [-0.25, -0.2) is 0 Å². The molecule has 0 aromatic heterocycles. The Bertz CT molecular complexity index is 151. The summed E-state index contributed by atoms with van der Waals surface area (Å²) in [5.74, 6) is 2.07. The maximum atomic E-state index is 4.03. The van der Waals surface area contributed by atoms with Gasteiger partial charge in [-0.05, 0) is 37.6 Å². The molecular formula is C9H15N. The fourth-order valence-electron chi connectivity index (χ4n) is 1.91. The maximum Gasteiger partial charge on any atom is 0.0162 e. The summed E-state index contributed by atoms with van der Waals surface area (Å²) in [7, 11) is 0. The summed E-state index contributed by atoms with van der Waals surface area (Å²) < 4.78 is 0. The first-order chi connectivity index (χ1) is 4.86. The van der Waals surface area contributed by atoms with Crippen LogP contribution in [0.4, 0.5) is 0 Å². The minimum atomic E-state index is 1.02. The van der Waals surface area contributed by atoms with Gasteiger partial charge < -0.3 is 5.32 Å². The third kappa shape index (κ3) is 1.24. The fourth-order valence-corrected chi connectivity index (χ4v) is 1.91. The maximum absolute atomic E-state index is 4.03. The van der Waals surface area contributed by atoms with Crippen LogP contribution in [0.5, 0.6) is 0 Å². The average molecular weight is 137 g/mol. The van der Waals surface area contributed by atoms with Crippen molar-refractivity contribution >= 4 is 0 Å². The van der Waals surface area contributed by atoms with Crippen LogP contribution >= 0.6 is 0 Å². The Kier molecular flexibility index (Phi) is 1.53. The Hall–Kier alpha value is -0.300. The van der Waals surface area contributed by atoms with Gasteiger partial charge >= 0.3 is 0 Å². The molecule has 2 rings (SSSR count). The van der Waals surface area contributed by atoms with Gasteiger partial charge in [0.15, 0.2) is 0 Å². The lowest BCUT2D eigenvalue weighted by atomic mass is 10.1. The summed E-state index contributed by atoms with van der Waals surface area (Å²) in [5.41, 5.74) is 1.41. The van der Waals surface area contributed by atoms with Gasteiger partial charge in [0.1, 0.15) is 0 Å². The molecule has 1 nitrogen and oxygen atoms in total. The normalized spacial score (nSPS) is 39.8. The standard InChI is InChI=1S/C9H15N/c1-7-4-9-5-8(9)2-3-10-6-7/h8-10H,1-6H2. The molecule has 1 saturated heterocycles. The Labute approximate surface area is 62.5 Å². The highest BCUT2D eigenvalue weighted by Gasteiger charge is 2.36. The molecule has 0 spiro atoms. The first-order valence-electron chi connectivity index (χ1n) is 4.23. The molecule has 0 radical (unpaired) electrons. The van der Waals surface area contributed by atoms with Gasteiger partial charge in [0.2, 0.25) is 0 Å². The van der Waals surface area contributed by atoms with E-state index in [2.05, 4.69) is 11.9 Å². The minimum absolute atomic E-state index is 1.02. The van der Waals surface area contributed by atoms with Crippen LogP contribution in [0.1, 0.15) is 19.3 Å². The molecule has 2 atom stereocenters. The van der Waals surface area contributed by atoms with Crippen molar-refractivity contribution in [3.63, 3.8) is 0 Å². The van der Waals surface area contributed by atoms with Gasteiger partial charge in [0.05, 0.1) is 0 Å². The van der Waals surface area contributed by atoms with E-state index in [0.29, 0.717) is 0 Å². The van der Waals surface area contributed by atoms with E-state index >= 15 is 0 Å². The molecule has 2 fully saturated rings. The second-order valence-corrected chi connectivity index (χ2v) is 3.68. The molecule has 56 valence electrons. The van der Waals surface area contributed by atoms with Crippen LogP contribution in [0.15, 0.2) is 12.2 Å². The SMILES string of the molecule is C=C1CNCCC2CC2C1. The van der Waals surface area contributed by atoms with Crippen molar-refractivity contribution < 1.29 is 0 Å². The van der Waals surface area contributed by atoms with E-state index in [4.69, 9.17) is 0 Å². The van der Waals surface area contributed by atoms with Gasteiger partial charge in [-0.1, -0.05) is 12.2 Å². The van der Waals surface area contributed by atoms with Crippen molar-refractivity contribution in [3.05, 3.63) is 12.2 Å². The van der Waals surface area contributed by atoms with Crippen molar-refractivity contribution in [3.8, 4) is 0 Å². The molecule has 1 saturated carbocycles. The number of fused-ring (bicyclic) bond motifs is 1. The Morgan fingerprint density at radius 2 is 2.30 bits per heavy atom. The highest BCUT2D eigenvalue weighted by molar-refractivity contribution is 5.05. The second kappa shape index (κ2) is 2.39. The van der Waals surface area contributed by atoms with E-state index < -0.39 is 0 Å². The quantitative estimate of drug-likeness (QED) is 0.500. The van der Waals surface area contributed by atoms with E-state index in [1.807, 2.05) is 0 Å². The van der Waals surface area contributed by atoms with Crippen LogP contribution < -0.4 is 5.32 Å². The van der Waals surface area contributed by atoms with Crippen LogP contribution in [0.2, 0.25) is 0 Å². The molecular weight excluding hydrogens is 122 g/mol. The molecule has 10 heavy (non-hydrogen) atoms. The van der Waals surface area contributed by atoms with Gasteiger partial charge in [-0.2, -0.15) is 0 Å². The van der Waals surface area contributed by atoms with E-state index in [9.17, 15) is 0 Å². The molecule has 1 N–H and O–H groups in total. The number of rotatable bonds is 0. The van der Waals surface area contributed by atoms with Crippen LogP contribution in [0.25, 0.3) is 0 Å². The van der Waals surface area contributed by atoms with Crippen molar-refractivity contribution in [1.82, 2.24) is 5.32 Å². The zero-order chi connectivity index (χ0) is 6.97. The molecule has 0 aromatic carbocycles. The topological polar surface area (TPSA) is 12.0 Å². The van der Waals surface area contributed by atoms with Crippen LogP contribution in [0, 0.1) is 11.8 Å². The Balaban J connectivity index is 1.91. The Morgan fingerprint density at radius 1 is 1.40 bits per heavy atom. The van der Waals surface area contributed by atoms with Gasteiger partial charge in [-0.3, -0.25) is 0 Å². The first kappa shape index (κ1) is 6.41. The lowest BCUT2D eigenvalue weighted by molar-refractivity contribution is 0.556. The molecule has 1 heterocycles. The van der Waals surface area contributed by atoms with Gasteiger partial charge in [-0.15, -0.1) is 0 Å². The number of hydrogen-bond acceptors (Lipinski definition) is 1. The van der Waals surface area contributed by atoms with Crippen LogP contribution in [0.3, 0.4) is 0 Å². The van der Waals surface area contributed by atoms with E-state index in [0.717, 1.165) is 18.4 Å². The summed E-state index contributed by atoms with van der Waals surface area (Å²) in [6.07, 6.45) is 4.16. The molecule has 0 bridgehead atoms. The molecule has 1 aliphatic heterocycles. The smallest absolute Gasteiger partial charge is 0.0162 e. The number of hydrogen-bond donors (Lipinski definition) is 1. The van der Waals surface area contributed by atoms with Crippen LogP contribution in [-0.4, -0.2) is 13.1 Å². The van der Waals surface area contributed by atoms with E-state index in [-0.39, 0.29) is 0 Å². The van der Waals surface area contributed by atoms with E-state index in [1.54, 1.807) is 0 Å². The van der Waals surface area contributed by atoms with Crippen LogP contribution in [-0.2, 0) is 0 Å². The Morgan fingerprint density at radius 3 is 3.20 bits per heavy atom. The number of nitrogens with one attached hydrogen (secondary N) is 1. The molecule has 1 aliphatic carbocycles. The third-order valence-electron chi connectivity index (χ3n) is 2.69. The molecule has 1 heteroatoms. The predicted octanol–water partition coefficient (Wildman–Crippen LogP) is 1.56. The van der Waals surface area contributed by atoms with Crippen molar-refractivity contribution in [2.45, 2.75) is 19.3 Å². The molecule has 2 unspecified atom stereocenters. The molecule has 2 aliphatic rings. The summed E-state index contributed by atoms with van der Waals surface area (Å²) in [6.45, 7) is 6.30.